The van der Waals surface area contributed by atoms with Crippen LogP contribution >= 0.6 is 11.3 Å². The molecule has 0 spiro atoms. The van der Waals surface area contributed by atoms with Gasteiger partial charge in [-0.15, -0.1) is 0 Å². The third kappa shape index (κ3) is 7.16. The van der Waals surface area contributed by atoms with Crippen molar-refractivity contribution in [2.45, 2.75) is 26.0 Å². The number of hydrogen-bond donors (Lipinski definition) is 3. The van der Waals surface area contributed by atoms with Crippen molar-refractivity contribution in [3.63, 3.8) is 0 Å². The van der Waals surface area contributed by atoms with Gasteiger partial charge >= 0.3 is 0 Å². The summed E-state index contributed by atoms with van der Waals surface area (Å²) in [4.78, 5) is 8.83. The number of ether oxygens (including phenoxy) is 2. The maximum absolute atomic E-state index is 10.6. The summed E-state index contributed by atoms with van der Waals surface area (Å²) < 4.78 is 10.4. The van der Waals surface area contributed by atoms with Crippen molar-refractivity contribution in [3.8, 4) is 5.88 Å². The molecule has 3 N–H and O–H groups in total. The average molecular weight is 393 g/mol. The molecule has 0 amide bonds. The predicted molar refractivity (Wildman–Crippen MR) is 108 cm³/mol. The first-order chi connectivity index (χ1) is 13.0. The van der Waals surface area contributed by atoms with Crippen LogP contribution in [0.15, 0.2) is 40.1 Å². The number of guanidine groups is 1. The van der Waals surface area contributed by atoms with E-state index in [0.29, 0.717) is 38.1 Å². The zero-order valence-corrected chi connectivity index (χ0v) is 16.9. The van der Waals surface area contributed by atoms with Crippen LogP contribution in [0.25, 0.3) is 0 Å². The minimum Gasteiger partial charge on any atom is -0.475 e. The molecule has 2 aromatic heterocycles. The number of methoxy groups -OCH3 is 1. The SMILES string of the molecule is CCNC(=NCc1ccc(OCCOC)nc1)NCC(C)(O)c1ccsc1. The third-order valence-corrected chi connectivity index (χ3v) is 4.53. The highest BCUT2D eigenvalue weighted by molar-refractivity contribution is 7.08. The lowest BCUT2D eigenvalue weighted by Gasteiger charge is -2.24. The van der Waals surface area contributed by atoms with Crippen molar-refractivity contribution in [1.29, 1.82) is 0 Å². The molecular formula is C19H28N4O3S. The standard InChI is InChI=1S/C19H28N4O3S/c1-4-20-18(23-14-19(2,24)16-7-10-27-13-16)22-12-15-5-6-17(21-11-15)26-9-8-25-3/h5-7,10-11,13,24H,4,8-9,12,14H2,1-3H3,(H2,20,22,23). The first-order valence-corrected chi connectivity index (χ1v) is 9.83. The summed E-state index contributed by atoms with van der Waals surface area (Å²) in [7, 11) is 1.63. The number of hydrogen-bond acceptors (Lipinski definition) is 6. The lowest BCUT2D eigenvalue weighted by Crippen LogP contribution is -2.44. The van der Waals surface area contributed by atoms with Gasteiger partial charge in [0.25, 0.3) is 0 Å². The molecule has 0 radical (unpaired) electrons. The van der Waals surface area contributed by atoms with Crippen LogP contribution in [0, 0.1) is 0 Å². The monoisotopic (exact) mass is 392 g/mol. The van der Waals surface area contributed by atoms with E-state index in [-0.39, 0.29) is 0 Å². The second-order valence-corrected chi connectivity index (χ2v) is 6.96. The highest BCUT2D eigenvalue weighted by atomic mass is 32.1. The first-order valence-electron chi connectivity index (χ1n) is 8.89. The van der Waals surface area contributed by atoms with Gasteiger partial charge in [-0.25, -0.2) is 9.98 Å². The second-order valence-electron chi connectivity index (χ2n) is 6.18. The van der Waals surface area contributed by atoms with Crippen LogP contribution in [0.4, 0.5) is 0 Å². The lowest BCUT2D eigenvalue weighted by atomic mass is 9.99. The molecule has 0 aliphatic heterocycles. The summed E-state index contributed by atoms with van der Waals surface area (Å²) in [5.74, 6) is 1.21. The van der Waals surface area contributed by atoms with E-state index in [0.717, 1.165) is 17.7 Å². The first kappa shape index (κ1) is 21.1. The van der Waals surface area contributed by atoms with Gasteiger partial charge in [0.15, 0.2) is 5.96 Å². The van der Waals surface area contributed by atoms with E-state index in [2.05, 4.69) is 20.6 Å². The van der Waals surface area contributed by atoms with Crippen LogP contribution in [0.2, 0.25) is 0 Å². The summed E-state index contributed by atoms with van der Waals surface area (Å²) in [6.07, 6.45) is 1.75. The van der Waals surface area contributed by atoms with Crippen LogP contribution in [-0.4, -0.2) is 49.5 Å². The van der Waals surface area contributed by atoms with E-state index in [9.17, 15) is 5.11 Å². The van der Waals surface area contributed by atoms with E-state index in [4.69, 9.17) is 9.47 Å². The van der Waals surface area contributed by atoms with Gasteiger partial charge in [0.1, 0.15) is 12.2 Å². The summed E-state index contributed by atoms with van der Waals surface area (Å²) >= 11 is 1.57. The molecule has 7 nitrogen and oxygen atoms in total. The van der Waals surface area contributed by atoms with E-state index in [1.807, 2.05) is 35.9 Å². The minimum absolute atomic E-state index is 0.361. The van der Waals surface area contributed by atoms with Gasteiger partial charge in [-0.3, -0.25) is 0 Å². The summed E-state index contributed by atoms with van der Waals surface area (Å²) in [5.41, 5.74) is 0.902. The number of rotatable bonds is 10. The molecule has 0 fully saturated rings. The number of nitrogens with one attached hydrogen (secondary N) is 2. The fourth-order valence-corrected chi connectivity index (χ4v) is 3.04. The van der Waals surface area contributed by atoms with Crippen LogP contribution in [0.5, 0.6) is 5.88 Å². The summed E-state index contributed by atoms with van der Waals surface area (Å²) in [6, 6.07) is 5.68. The Morgan fingerprint density at radius 2 is 2.15 bits per heavy atom. The highest BCUT2D eigenvalue weighted by Crippen LogP contribution is 2.21. The molecule has 8 heteroatoms. The van der Waals surface area contributed by atoms with Crippen LogP contribution in [0.3, 0.4) is 0 Å². The van der Waals surface area contributed by atoms with E-state index < -0.39 is 5.60 Å². The highest BCUT2D eigenvalue weighted by Gasteiger charge is 2.23. The quantitative estimate of drug-likeness (QED) is 0.326. The maximum Gasteiger partial charge on any atom is 0.213 e. The van der Waals surface area contributed by atoms with Gasteiger partial charge in [-0.05, 0) is 41.8 Å². The molecule has 0 aliphatic rings. The predicted octanol–water partition coefficient (Wildman–Crippen LogP) is 2.13. The number of pyridine rings is 1. The Morgan fingerprint density at radius 3 is 2.78 bits per heavy atom. The largest absolute Gasteiger partial charge is 0.475 e. The van der Waals surface area contributed by atoms with E-state index in [1.54, 1.807) is 31.6 Å². The Balaban J connectivity index is 1.90. The van der Waals surface area contributed by atoms with Gasteiger partial charge < -0.3 is 25.2 Å². The molecule has 27 heavy (non-hydrogen) atoms. The van der Waals surface area contributed by atoms with E-state index in [1.165, 1.54) is 0 Å². The molecule has 2 heterocycles. The molecule has 2 rings (SSSR count). The molecule has 1 unspecified atom stereocenters. The Labute approximate surface area is 164 Å². The Kier molecular flexibility index (Phi) is 8.50. The number of aliphatic imine (C=N–C) groups is 1. The smallest absolute Gasteiger partial charge is 0.213 e. The van der Waals surface area contributed by atoms with E-state index >= 15 is 0 Å². The molecule has 2 aromatic rings. The van der Waals surface area contributed by atoms with Crippen molar-refractivity contribution in [1.82, 2.24) is 15.6 Å². The fourth-order valence-electron chi connectivity index (χ4n) is 2.26. The number of thiophene rings is 1. The maximum atomic E-state index is 10.6. The lowest BCUT2D eigenvalue weighted by molar-refractivity contribution is 0.0621. The number of nitrogens with zero attached hydrogens (tertiary/aromatic N) is 2. The van der Waals surface area contributed by atoms with Crippen LogP contribution in [0.1, 0.15) is 25.0 Å². The van der Waals surface area contributed by atoms with Gasteiger partial charge in [0.05, 0.1) is 19.7 Å². The number of aromatic nitrogens is 1. The zero-order chi connectivity index (χ0) is 19.5. The van der Waals surface area contributed by atoms with Gasteiger partial charge in [0.2, 0.25) is 5.88 Å². The second kappa shape index (κ2) is 10.9. The summed E-state index contributed by atoms with van der Waals surface area (Å²) in [5, 5.41) is 20.9. The molecule has 0 bridgehead atoms. The van der Waals surface area contributed by atoms with Crippen LogP contribution in [-0.2, 0) is 16.9 Å². The Bertz CT molecular complexity index is 687. The molecule has 0 aliphatic carbocycles. The Morgan fingerprint density at radius 1 is 1.30 bits per heavy atom. The average Bonchev–Trinajstić information content (AvgIpc) is 3.21. The minimum atomic E-state index is -0.959. The van der Waals surface area contributed by atoms with Gasteiger partial charge in [-0.2, -0.15) is 11.3 Å². The van der Waals surface area contributed by atoms with Crippen molar-refractivity contribution < 1.29 is 14.6 Å². The fraction of sp³-hybridized carbons (Fsp3) is 0.474. The van der Waals surface area contributed by atoms with Crippen molar-refractivity contribution in [2.24, 2.45) is 4.99 Å². The Hall–Kier alpha value is -2.16. The zero-order valence-electron chi connectivity index (χ0n) is 16.1. The molecule has 0 aromatic carbocycles. The summed E-state index contributed by atoms with van der Waals surface area (Å²) in [6.45, 7) is 6.36. The topological polar surface area (TPSA) is 88.0 Å². The molecule has 0 saturated carbocycles. The number of aliphatic hydroxyl groups is 1. The molecule has 1 atom stereocenters. The molecule has 0 saturated heterocycles. The van der Waals surface area contributed by atoms with Crippen molar-refractivity contribution in [3.05, 3.63) is 46.3 Å². The normalized spacial score (nSPS) is 13.9. The molecular weight excluding hydrogens is 364 g/mol. The van der Waals surface area contributed by atoms with Crippen LogP contribution < -0.4 is 15.4 Å². The van der Waals surface area contributed by atoms with Crippen molar-refractivity contribution >= 4 is 17.3 Å². The van der Waals surface area contributed by atoms with Gasteiger partial charge in [0, 0.05) is 25.9 Å². The van der Waals surface area contributed by atoms with Gasteiger partial charge in [-0.1, -0.05) is 6.07 Å². The molecule has 148 valence electrons. The third-order valence-electron chi connectivity index (χ3n) is 3.84. The van der Waals surface area contributed by atoms with Crippen molar-refractivity contribution in [2.75, 3.05) is 33.4 Å².